The maximum Gasteiger partial charge on any atom is 0.246 e. The number of amides is 1. The van der Waals surface area contributed by atoms with Gasteiger partial charge in [-0.1, -0.05) is 62.4 Å². The zero-order valence-electron chi connectivity index (χ0n) is 13.8. The van der Waals surface area contributed by atoms with E-state index in [0.717, 1.165) is 18.5 Å². The molecular formula is C21H23NO. The molecule has 0 radical (unpaired) electrons. The highest BCUT2D eigenvalue weighted by atomic mass is 16.2. The minimum atomic E-state index is 0.0902. The molecule has 2 heteroatoms. The summed E-state index contributed by atoms with van der Waals surface area (Å²) < 4.78 is 0. The fourth-order valence-corrected chi connectivity index (χ4v) is 2.95. The zero-order chi connectivity index (χ0) is 16.2. The number of nitrogens with zero attached hydrogens (tertiary/aromatic N) is 1. The lowest BCUT2D eigenvalue weighted by Crippen LogP contribution is -2.34. The number of benzene rings is 2. The Morgan fingerprint density at radius 3 is 2.43 bits per heavy atom. The summed E-state index contributed by atoms with van der Waals surface area (Å²) >= 11 is 0. The Morgan fingerprint density at radius 2 is 1.74 bits per heavy atom. The minimum absolute atomic E-state index is 0.0902. The van der Waals surface area contributed by atoms with Crippen LogP contribution in [-0.2, 0) is 17.8 Å². The lowest BCUT2D eigenvalue weighted by molar-refractivity contribution is -0.126. The molecule has 2 aromatic carbocycles. The van der Waals surface area contributed by atoms with E-state index in [9.17, 15) is 4.79 Å². The van der Waals surface area contributed by atoms with E-state index in [1.807, 2.05) is 17.0 Å². The van der Waals surface area contributed by atoms with Crippen molar-refractivity contribution in [2.75, 3.05) is 6.54 Å². The van der Waals surface area contributed by atoms with Crippen molar-refractivity contribution >= 4 is 12.0 Å². The van der Waals surface area contributed by atoms with E-state index in [1.165, 1.54) is 16.7 Å². The van der Waals surface area contributed by atoms with Crippen LogP contribution in [0.4, 0.5) is 0 Å². The van der Waals surface area contributed by atoms with Gasteiger partial charge in [-0.15, -0.1) is 0 Å². The summed E-state index contributed by atoms with van der Waals surface area (Å²) in [7, 11) is 0. The Balaban J connectivity index is 1.65. The summed E-state index contributed by atoms with van der Waals surface area (Å²) in [4.78, 5) is 14.3. The molecule has 2 nitrogen and oxygen atoms in total. The summed E-state index contributed by atoms with van der Waals surface area (Å²) in [6, 6.07) is 16.8. The summed E-state index contributed by atoms with van der Waals surface area (Å²) in [5, 5.41) is 0. The van der Waals surface area contributed by atoms with Crippen molar-refractivity contribution in [3.63, 3.8) is 0 Å². The topological polar surface area (TPSA) is 20.3 Å². The fraction of sp³-hybridized carbons (Fsp3) is 0.286. The van der Waals surface area contributed by atoms with Gasteiger partial charge in [0.1, 0.15) is 0 Å². The molecule has 0 N–H and O–H groups in total. The molecule has 2 aromatic rings. The van der Waals surface area contributed by atoms with Crippen LogP contribution in [0.25, 0.3) is 6.08 Å². The third kappa shape index (κ3) is 3.70. The van der Waals surface area contributed by atoms with Gasteiger partial charge in [0.25, 0.3) is 0 Å². The van der Waals surface area contributed by atoms with Gasteiger partial charge in [-0.3, -0.25) is 4.79 Å². The molecule has 0 bridgehead atoms. The summed E-state index contributed by atoms with van der Waals surface area (Å²) in [6.45, 7) is 5.88. The molecule has 0 aromatic heterocycles. The first kappa shape index (κ1) is 15.5. The highest BCUT2D eigenvalue weighted by Crippen LogP contribution is 2.19. The van der Waals surface area contributed by atoms with Gasteiger partial charge < -0.3 is 4.90 Å². The molecule has 0 spiro atoms. The van der Waals surface area contributed by atoms with E-state index in [2.05, 4.69) is 56.3 Å². The second kappa shape index (κ2) is 6.82. The molecule has 0 saturated heterocycles. The van der Waals surface area contributed by atoms with E-state index >= 15 is 0 Å². The lowest BCUT2D eigenvalue weighted by atomic mass is 10.00. The van der Waals surface area contributed by atoms with E-state index in [-0.39, 0.29) is 5.91 Å². The van der Waals surface area contributed by atoms with Crippen LogP contribution in [0.2, 0.25) is 0 Å². The first-order valence-corrected chi connectivity index (χ1v) is 8.27. The molecule has 0 atom stereocenters. The molecule has 23 heavy (non-hydrogen) atoms. The smallest absolute Gasteiger partial charge is 0.246 e. The SMILES string of the molecule is CC(C)c1ccc(/C=C/C(=O)N2CCc3ccccc3C2)cc1. The predicted molar refractivity (Wildman–Crippen MR) is 95.1 cm³/mol. The molecule has 1 aliphatic heterocycles. The Labute approximate surface area is 138 Å². The molecule has 1 amide bonds. The monoisotopic (exact) mass is 305 g/mol. The van der Waals surface area contributed by atoms with Gasteiger partial charge in [-0.05, 0) is 40.7 Å². The first-order chi connectivity index (χ1) is 11.1. The zero-order valence-corrected chi connectivity index (χ0v) is 13.8. The van der Waals surface area contributed by atoms with Crippen molar-refractivity contribution in [3.05, 3.63) is 76.9 Å². The maximum absolute atomic E-state index is 12.4. The summed E-state index contributed by atoms with van der Waals surface area (Å²) in [6.07, 6.45) is 4.55. The number of hydrogen-bond acceptors (Lipinski definition) is 1. The molecule has 0 fully saturated rings. The van der Waals surface area contributed by atoms with E-state index in [4.69, 9.17) is 0 Å². The van der Waals surface area contributed by atoms with Crippen LogP contribution in [-0.4, -0.2) is 17.4 Å². The summed E-state index contributed by atoms with van der Waals surface area (Å²) in [5.74, 6) is 0.621. The Bertz CT molecular complexity index is 713. The number of rotatable bonds is 3. The van der Waals surface area contributed by atoms with E-state index < -0.39 is 0 Å². The number of hydrogen-bond donors (Lipinski definition) is 0. The van der Waals surface area contributed by atoms with Gasteiger partial charge in [-0.25, -0.2) is 0 Å². The highest BCUT2D eigenvalue weighted by Gasteiger charge is 2.18. The standard InChI is InChI=1S/C21H23NO/c1-16(2)18-10-7-17(8-11-18)9-12-21(23)22-14-13-19-5-3-4-6-20(19)15-22/h3-12,16H,13-15H2,1-2H3/b12-9+. The lowest BCUT2D eigenvalue weighted by Gasteiger charge is -2.27. The molecule has 3 rings (SSSR count). The average Bonchev–Trinajstić information content (AvgIpc) is 2.59. The van der Waals surface area contributed by atoms with Crippen LogP contribution in [0.15, 0.2) is 54.6 Å². The van der Waals surface area contributed by atoms with Gasteiger partial charge in [0.05, 0.1) is 0 Å². The van der Waals surface area contributed by atoms with Gasteiger partial charge in [0.2, 0.25) is 5.91 Å². The molecule has 1 aliphatic rings. The van der Waals surface area contributed by atoms with Crippen LogP contribution in [0.1, 0.15) is 42.0 Å². The van der Waals surface area contributed by atoms with Crippen LogP contribution in [0.5, 0.6) is 0 Å². The Morgan fingerprint density at radius 1 is 1.04 bits per heavy atom. The summed E-state index contributed by atoms with van der Waals surface area (Å²) in [5.41, 5.74) is 5.02. The third-order valence-corrected chi connectivity index (χ3v) is 4.46. The Hall–Kier alpha value is -2.35. The molecule has 0 aliphatic carbocycles. The normalized spacial score (nSPS) is 14.3. The second-order valence-corrected chi connectivity index (χ2v) is 6.43. The molecule has 0 saturated carbocycles. The minimum Gasteiger partial charge on any atom is -0.334 e. The first-order valence-electron chi connectivity index (χ1n) is 8.27. The van der Waals surface area contributed by atoms with Crippen LogP contribution >= 0.6 is 0 Å². The van der Waals surface area contributed by atoms with Crippen LogP contribution in [0, 0.1) is 0 Å². The van der Waals surface area contributed by atoms with Crippen molar-refractivity contribution in [1.82, 2.24) is 4.90 Å². The second-order valence-electron chi connectivity index (χ2n) is 6.43. The van der Waals surface area contributed by atoms with Crippen LogP contribution in [0.3, 0.4) is 0 Å². The maximum atomic E-state index is 12.4. The van der Waals surface area contributed by atoms with Gasteiger partial charge in [-0.2, -0.15) is 0 Å². The number of carbonyl (C=O) groups is 1. The average molecular weight is 305 g/mol. The van der Waals surface area contributed by atoms with Crippen LogP contribution < -0.4 is 0 Å². The van der Waals surface area contributed by atoms with Crippen molar-refractivity contribution in [1.29, 1.82) is 0 Å². The van der Waals surface area contributed by atoms with Gasteiger partial charge in [0.15, 0.2) is 0 Å². The predicted octanol–water partition coefficient (Wildman–Crippen LogP) is 4.41. The van der Waals surface area contributed by atoms with Gasteiger partial charge in [0, 0.05) is 19.2 Å². The van der Waals surface area contributed by atoms with Crippen molar-refractivity contribution in [3.8, 4) is 0 Å². The van der Waals surface area contributed by atoms with Crippen molar-refractivity contribution in [2.24, 2.45) is 0 Å². The number of carbonyl (C=O) groups excluding carboxylic acids is 1. The van der Waals surface area contributed by atoms with E-state index in [0.29, 0.717) is 12.5 Å². The molecule has 118 valence electrons. The fourth-order valence-electron chi connectivity index (χ4n) is 2.95. The van der Waals surface area contributed by atoms with E-state index in [1.54, 1.807) is 6.08 Å². The molecule has 0 unspecified atom stereocenters. The quantitative estimate of drug-likeness (QED) is 0.769. The largest absolute Gasteiger partial charge is 0.334 e. The van der Waals surface area contributed by atoms with Crippen molar-refractivity contribution in [2.45, 2.75) is 32.7 Å². The Kier molecular flexibility index (Phi) is 4.61. The van der Waals surface area contributed by atoms with Crippen molar-refractivity contribution < 1.29 is 4.79 Å². The molecule has 1 heterocycles. The number of fused-ring (bicyclic) bond motifs is 1. The molecular weight excluding hydrogens is 282 g/mol. The third-order valence-electron chi connectivity index (χ3n) is 4.46. The van der Waals surface area contributed by atoms with Gasteiger partial charge >= 0.3 is 0 Å². The highest BCUT2D eigenvalue weighted by molar-refractivity contribution is 5.91.